The Morgan fingerprint density at radius 2 is 1.90 bits per heavy atom. The highest BCUT2D eigenvalue weighted by atomic mass is 16.3. The van der Waals surface area contributed by atoms with Gasteiger partial charge < -0.3 is 15.3 Å². The summed E-state index contributed by atoms with van der Waals surface area (Å²) in [4.78, 5) is 4.88. The van der Waals surface area contributed by atoms with Crippen molar-refractivity contribution in [3.8, 4) is 5.75 Å². The van der Waals surface area contributed by atoms with E-state index < -0.39 is 0 Å². The molecule has 1 aliphatic heterocycles. The Bertz CT molecular complexity index is 402. The molecule has 4 nitrogen and oxygen atoms in total. The number of benzene rings is 1. The number of hydrogen-bond donors (Lipinski definition) is 2. The molecule has 0 amide bonds. The Hall–Kier alpha value is -1.10. The van der Waals surface area contributed by atoms with E-state index in [2.05, 4.69) is 29.1 Å². The number of phenols is 1. The Kier molecular flexibility index (Phi) is 5.83. The monoisotopic (exact) mass is 277 g/mol. The van der Waals surface area contributed by atoms with Crippen molar-refractivity contribution in [1.29, 1.82) is 0 Å². The zero-order valence-electron chi connectivity index (χ0n) is 12.7. The van der Waals surface area contributed by atoms with Crippen molar-refractivity contribution in [1.82, 2.24) is 15.1 Å². The second-order valence-electron chi connectivity index (χ2n) is 5.62. The molecule has 1 fully saturated rings. The fourth-order valence-electron chi connectivity index (χ4n) is 2.72. The first-order chi connectivity index (χ1) is 9.70. The molecule has 1 aromatic carbocycles. The molecule has 1 aliphatic rings. The third-order valence-corrected chi connectivity index (χ3v) is 4.14. The van der Waals surface area contributed by atoms with Gasteiger partial charge in [0.2, 0.25) is 0 Å². The minimum atomic E-state index is 0.240. The SMILES string of the molecule is CCC(NCCN1CCN(C)CC1)c1ccccc1O. The van der Waals surface area contributed by atoms with Gasteiger partial charge >= 0.3 is 0 Å². The summed E-state index contributed by atoms with van der Waals surface area (Å²) in [5.41, 5.74) is 1.01. The average molecular weight is 277 g/mol. The second kappa shape index (κ2) is 7.62. The molecule has 4 heteroatoms. The first-order valence-electron chi connectivity index (χ1n) is 7.63. The number of aromatic hydroxyl groups is 1. The molecule has 0 spiro atoms. The molecule has 1 heterocycles. The molecule has 0 bridgehead atoms. The first kappa shape index (κ1) is 15.3. The van der Waals surface area contributed by atoms with Gasteiger partial charge in [-0.25, -0.2) is 0 Å². The van der Waals surface area contributed by atoms with E-state index in [1.54, 1.807) is 6.07 Å². The van der Waals surface area contributed by atoms with Gasteiger partial charge in [0, 0.05) is 50.9 Å². The van der Waals surface area contributed by atoms with E-state index in [1.165, 1.54) is 0 Å². The first-order valence-corrected chi connectivity index (χ1v) is 7.63. The van der Waals surface area contributed by atoms with Gasteiger partial charge in [0.25, 0.3) is 0 Å². The number of likely N-dealkylation sites (N-methyl/N-ethyl adjacent to an activating group) is 1. The number of piperazine rings is 1. The number of phenolic OH excluding ortho intramolecular Hbond substituents is 1. The van der Waals surface area contributed by atoms with Gasteiger partial charge in [0.1, 0.15) is 5.75 Å². The van der Waals surface area contributed by atoms with Crippen molar-refractivity contribution in [2.24, 2.45) is 0 Å². The molecule has 0 saturated carbocycles. The number of nitrogens with zero attached hydrogens (tertiary/aromatic N) is 2. The third kappa shape index (κ3) is 4.20. The van der Waals surface area contributed by atoms with Crippen molar-refractivity contribution in [2.75, 3.05) is 46.3 Å². The average Bonchev–Trinajstić information content (AvgIpc) is 2.47. The van der Waals surface area contributed by atoms with E-state index in [9.17, 15) is 5.11 Å². The molecule has 0 aliphatic carbocycles. The van der Waals surface area contributed by atoms with Crippen LogP contribution in [0.1, 0.15) is 24.9 Å². The smallest absolute Gasteiger partial charge is 0.120 e. The molecule has 1 atom stereocenters. The minimum Gasteiger partial charge on any atom is -0.508 e. The van der Waals surface area contributed by atoms with E-state index in [0.717, 1.165) is 51.3 Å². The van der Waals surface area contributed by atoms with Crippen molar-refractivity contribution in [3.05, 3.63) is 29.8 Å². The van der Waals surface area contributed by atoms with Gasteiger partial charge in [-0.1, -0.05) is 25.1 Å². The summed E-state index contributed by atoms with van der Waals surface area (Å²) >= 11 is 0. The van der Waals surface area contributed by atoms with Crippen LogP contribution in [0.25, 0.3) is 0 Å². The van der Waals surface area contributed by atoms with Crippen LogP contribution < -0.4 is 5.32 Å². The maximum absolute atomic E-state index is 9.93. The van der Waals surface area contributed by atoms with Gasteiger partial charge in [0.15, 0.2) is 0 Å². The maximum atomic E-state index is 9.93. The van der Waals surface area contributed by atoms with Gasteiger partial charge in [-0.3, -0.25) is 4.90 Å². The van der Waals surface area contributed by atoms with Crippen molar-refractivity contribution in [2.45, 2.75) is 19.4 Å². The lowest BCUT2D eigenvalue weighted by molar-refractivity contribution is 0.153. The van der Waals surface area contributed by atoms with Crippen LogP contribution in [-0.2, 0) is 0 Å². The molecule has 2 N–H and O–H groups in total. The number of nitrogens with one attached hydrogen (secondary N) is 1. The molecule has 0 radical (unpaired) electrons. The van der Waals surface area contributed by atoms with Crippen LogP contribution in [0.2, 0.25) is 0 Å². The Morgan fingerprint density at radius 3 is 2.55 bits per heavy atom. The Morgan fingerprint density at radius 1 is 1.20 bits per heavy atom. The topological polar surface area (TPSA) is 38.7 Å². The van der Waals surface area contributed by atoms with Crippen LogP contribution in [0.5, 0.6) is 5.75 Å². The van der Waals surface area contributed by atoms with Crippen molar-refractivity contribution in [3.63, 3.8) is 0 Å². The van der Waals surface area contributed by atoms with E-state index in [4.69, 9.17) is 0 Å². The zero-order chi connectivity index (χ0) is 14.4. The fourth-order valence-corrected chi connectivity index (χ4v) is 2.72. The molecule has 1 aromatic rings. The van der Waals surface area contributed by atoms with Gasteiger partial charge in [-0.2, -0.15) is 0 Å². The quantitative estimate of drug-likeness (QED) is 0.830. The summed E-state index contributed by atoms with van der Waals surface area (Å²) in [6.07, 6.45) is 0.986. The summed E-state index contributed by atoms with van der Waals surface area (Å²) in [5, 5.41) is 13.5. The molecule has 0 aromatic heterocycles. The van der Waals surface area contributed by atoms with Crippen LogP contribution in [0, 0.1) is 0 Å². The number of rotatable bonds is 6. The normalized spacial score (nSPS) is 19.1. The van der Waals surface area contributed by atoms with E-state index >= 15 is 0 Å². The maximum Gasteiger partial charge on any atom is 0.120 e. The molecule has 20 heavy (non-hydrogen) atoms. The molecule has 1 saturated heterocycles. The van der Waals surface area contributed by atoms with Crippen LogP contribution in [-0.4, -0.2) is 61.2 Å². The highest BCUT2D eigenvalue weighted by molar-refractivity contribution is 5.34. The summed E-state index contributed by atoms with van der Waals surface area (Å²) in [6.45, 7) is 8.85. The van der Waals surface area contributed by atoms with E-state index in [1.807, 2.05) is 18.2 Å². The lowest BCUT2D eigenvalue weighted by Gasteiger charge is -2.32. The number of para-hydroxylation sites is 1. The molecular weight excluding hydrogens is 250 g/mol. The second-order valence-corrected chi connectivity index (χ2v) is 5.62. The van der Waals surface area contributed by atoms with Gasteiger partial charge in [-0.05, 0) is 19.5 Å². The van der Waals surface area contributed by atoms with Crippen LogP contribution in [0.4, 0.5) is 0 Å². The van der Waals surface area contributed by atoms with Crippen molar-refractivity contribution >= 4 is 0 Å². The van der Waals surface area contributed by atoms with Crippen LogP contribution >= 0.6 is 0 Å². The van der Waals surface area contributed by atoms with Crippen LogP contribution in [0.15, 0.2) is 24.3 Å². The molecular formula is C16H27N3O. The zero-order valence-corrected chi connectivity index (χ0v) is 12.7. The predicted molar refractivity (Wildman–Crippen MR) is 83.1 cm³/mol. The molecule has 1 unspecified atom stereocenters. The summed E-state index contributed by atoms with van der Waals surface area (Å²) in [5.74, 6) is 0.395. The van der Waals surface area contributed by atoms with Gasteiger partial charge in [-0.15, -0.1) is 0 Å². The lowest BCUT2D eigenvalue weighted by Crippen LogP contribution is -2.46. The highest BCUT2D eigenvalue weighted by Crippen LogP contribution is 2.25. The van der Waals surface area contributed by atoms with E-state index in [0.29, 0.717) is 5.75 Å². The Labute approximate surface area is 122 Å². The standard InChI is InChI=1S/C16H27N3O/c1-3-15(14-6-4-5-7-16(14)20)17-8-9-19-12-10-18(2)11-13-19/h4-7,15,17,20H,3,8-13H2,1-2H3. The summed E-state index contributed by atoms with van der Waals surface area (Å²) < 4.78 is 0. The van der Waals surface area contributed by atoms with E-state index in [-0.39, 0.29) is 6.04 Å². The summed E-state index contributed by atoms with van der Waals surface area (Å²) in [7, 11) is 2.18. The number of hydrogen-bond acceptors (Lipinski definition) is 4. The minimum absolute atomic E-state index is 0.240. The molecule has 2 rings (SSSR count). The lowest BCUT2D eigenvalue weighted by atomic mass is 10.0. The largest absolute Gasteiger partial charge is 0.508 e. The van der Waals surface area contributed by atoms with Crippen LogP contribution in [0.3, 0.4) is 0 Å². The Balaban J connectivity index is 1.78. The van der Waals surface area contributed by atoms with Gasteiger partial charge in [0.05, 0.1) is 0 Å². The summed E-state index contributed by atoms with van der Waals surface area (Å²) in [6, 6.07) is 7.87. The predicted octanol–water partition coefficient (Wildman–Crippen LogP) is 1.68. The third-order valence-electron chi connectivity index (χ3n) is 4.14. The highest BCUT2D eigenvalue weighted by Gasteiger charge is 2.15. The van der Waals surface area contributed by atoms with Crippen molar-refractivity contribution < 1.29 is 5.11 Å². The fraction of sp³-hybridized carbons (Fsp3) is 0.625. The molecule has 112 valence electrons.